The van der Waals surface area contributed by atoms with Crippen LogP contribution in [0.2, 0.25) is 0 Å². The lowest BCUT2D eigenvalue weighted by atomic mass is 10.1. The summed E-state index contributed by atoms with van der Waals surface area (Å²) in [6.45, 7) is 6.24. The number of hydrogen-bond donors (Lipinski definition) is 1. The molecule has 0 aliphatic heterocycles. The first-order valence-electron chi connectivity index (χ1n) is 6.96. The van der Waals surface area contributed by atoms with Gasteiger partial charge < -0.3 is 14.6 Å². The molecule has 0 radical (unpaired) electrons. The fraction of sp³-hybridized carbons (Fsp3) is 0.438. The number of ether oxygens (including phenoxy) is 1. The number of aromatic nitrogens is 1. The molecule has 0 fully saturated rings. The van der Waals surface area contributed by atoms with E-state index in [9.17, 15) is 4.79 Å². The molecule has 0 saturated heterocycles. The number of likely N-dealkylation sites (N-methyl/N-ethyl adjacent to an activating group) is 1. The third-order valence-electron chi connectivity index (χ3n) is 3.15. The number of carbonyl (C=O) groups excluding carboxylic acids is 1. The summed E-state index contributed by atoms with van der Waals surface area (Å²) in [6.07, 6.45) is 2.50. The Morgan fingerprint density at radius 1 is 1.38 bits per heavy atom. The van der Waals surface area contributed by atoms with E-state index in [1.54, 1.807) is 11.9 Å². The van der Waals surface area contributed by atoms with Crippen LogP contribution in [0.1, 0.15) is 26.3 Å². The van der Waals surface area contributed by atoms with Gasteiger partial charge in [0.05, 0.1) is 0 Å². The van der Waals surface area contributed by atoms with E-state index in [2.05, 4.69) is 33.0 Å². The largest absolute Gasteiger partial charge is 0.444 e. The second kappa shape index (κ2) is 6.10. The van der Waals surface area contributed by atoms with Crippen molar-refractivity contribution in [2.24, 2.45) is 0 Å². The molecular weight excluding hydrogens is 332 g/mol. The first-order valence-corrected chi connectivity index (χ1v) is 7.75. The zero-order chi connectivity index (χ0) is 15.6. The normalized spacial score (nSPS) is 11.7. The van der Waals surface area contributed by atoms with E-state index in [-0.39, 0.29) is 6.09 Å². The maximum absolute atomic E-state index is 11.9. The molecule has 0 aliphatic rings. The van der Waals surface area contributed by atoms with E-state index in [4.69, 9.17) is 4.74 Å². The quantitative estimate of drug-likeness (QED) is 0.892. The van der Waals surface area contributed by atoms with Crippen molar-refractivity contribution in [1.29, 1.82) is 0 Å². The number of benzene rings is 1. The molecule has 0 aliphatic carbocycles. The van der Waals surface area contributed by atoms with Gasteiger partial charge in [-0.3, -0.25) is 0 Å². The number of aromatic amines is 1. The van der Waals surface area contributed by atoms with Crippen molar-refractivity contribution in [3.8, 4) is 0 Å². The highest BCUT2D eigenvalue weighted by Crippen LogP contribution is 2.22. The molecule has 1 amide bonds. The number of hydrogen-bond acceptors (Lipinski definition) is 2. The van der Waals surface area contributed by atoms with Crippen LogP contribution in [0.25, 0.3) is 10.9 Å². The van der Waals surface area contributed by atoms with Crippen LogP contribution in [-0.2, 0) is 11.2 Å². The van der Waals surface area contributed by atoms with Crippen molar-refractivity contribution in [2.45, 2.75) is 32.8 Å². The van der Waals surface area contributed by atoms with Crippen LogP contribution in [0.3, 0.4) is 0 Å². The third-order valence-corrected chi connectivity index (χ3v) is 3.64. The van der Waals surface area contributed by atoms with Crippen LogP contribution >= 0.6 is 15.9 Å². The Kier molecular flexibility index (Phi) is 4.61. The van der Waals surface area contributed by atoms with Crippen LogP contribution in [0.5, 0.6) is 0 Å². The smallest absolute Gasteiger partial charge is 0.410 e. The minimum absolute atomic E-state index is 0.287. The molecule has 1 heterocycles. The Hall–Kier alpha value is -1.49. The van der Waals surface area contributed by atoms with E-state index < -0.39 is 5.60 Å². The average Bonchev–Trinajstić information content (AvgIpc) is 2.76. The summed E-state index contributed by atoms with van der Waals surface area (Å²) in [5.74, 6) is 0. The molecule has 114 valence electrons. The SMILES string of the molecule is CN(CCc1c[nH]c2cc(Br)ccc12)C(=O)OC(C)(C)C. The molecule has 21 heavy (non-hydrogen) atoms. The number of carbonyl (C=O) groups is 1. The highest BCUT2D eigenvalue weighted by atomic mass is 79.9. The number of fused-ring (bicyclic) bond motifs is 1. The number of nitrogens with zero attached hydrogens (tertiary/aromatic N) is 1. The highest BCUT2D eigenvalue weighted by Gasteiger charge is 2.19. The van der Waals surface area contributed by atoms with Gasteiger partial charge in [-0.25, -0.2) is 4.79 Å². The second-order valence-electron chi connectivity index (χ2n) is 6.16. The molecule has 1 aromatic carbocycles. The van der Waals surface area contributed by atoms with E-state index in [1.807, 2.05) is 33.0 Å². The Morgan fingerprint density at radius 2 is 2.10 bits per heavy atom. The van der Waals surface area contributed by atoms with E-state index in [0.717, 1.165) is 16.4 Å². The van der Waals surface area contributed by atoms with Gasteiger partial charge in [0.25, 0.3) is 0 Å². The lowest BCUT2D eigenvalue weighted by Gasteiger charge is -2.24. The van der Waals surface area contributed by atoms with Gasteiger partial charge in [0.15, 0.2) is 0 Å². The highest BCUT2D eigenvalue weighted by molar-refractivity contribution is 9.10. The Labute approximate surface area is 133 Å². The number of rotatable bonds is 3. The molecule has 1 N–H and O–H groups in total. The molecule has 0 bridgehead atoms. The summed E-state index contributed by atoms with van der Waals surface area (Å²) in [6, 6.07) is 6.16. The van der Waals surface area contributed by atoms with Gasteiger partial charge in [0.2, 0.25) is 0 Å². The monoisotopic (exact) mass is 352 g/mol. The minimum atomic E-state index is -0.460. The van der Waals surface area contributed by atoms with Gasteiger partial charge in [-0.05, 0) is 44.9 Å². The maximum Gasteiger partial charge on any atom is 0.410 e. The lowest BCUT2D eigenvalue weighted by molar-refractivity contribution is 0.0301. The molecule has 0 saturated carbocycles. The maximum atomic E-state index is 11.9. The summed E-state index contributed by atoms with van der Waals surface area (Å²) in [5, 5.41) is 1.19. The topological polar surface area (TPSA) is 45.3 Å². The van der Waals surface area contributed by atoms with Gasteiger partial charge in [0, 0.05) is 35.2 Å². The minimum Gasteiger partial charge on any atom is -0.444 e. The molecule has 5 heteroatoms. The summed E-state index contributed by atoms with van der Waals surface area (Å²) >= 11 is 3.46. The van der Waals surface area contributed by atoms with Crippen LogP contribution in [0.15, 0.2) is 28.9 Å². The Bertz CT molecular complexity index is 643. The van der Waals surface area contributed by atoms with Gasteiger partial charge in [-0.1, -0.05) is 22.0 Å². The third kappa shape index (κ3) is 4.24. The van der Waals surface area contributed by atoms with Crippen LogP contribution in [0, 0.1) is 0 Å². The van der Waals surface area contributed by atoms with E-state index in [1.165, 1.54) is 10.9 Å². The second-order valence-corrected chi connectivity index (χ2v) is 7.07. The average molecular weight is 353 g/mol. The number of halogens is 1. The van der Waals surface area contributed by atoms with Crippen molar-refractivity contribution >= 4 is 32.9 Å². The Morgan fingerprint density at radius 3 is 2.76 bits per heavy atom. The predicted octanol–water partition coefficient (Wildman–Crippen LogP) is 4.34. The first-order chi connectivity index (χ1) is 9.76. The van der Waals surface area contributed by atoms with Crippen molar-refractivity contribution in [3.63, 3.8) is 0 Å². The lowest BCUT2D eigenvalue weighted by Crippen LogP contribution is -2.35. The summed E-state index contributed by atoms with van der Waals surface area (Å²) in [4.78, 5) is 16.8. The van der Waals surface area contributed by atoms with E-state index in [0.29, 0.717) is 6.54 Å². The summed E-state index contributed by atoms with van der Waals surface area (Å²) < 4.78 is 6.40. The molecule has 0 spiro atoms. The Balaban J connectivity index is 2.00. The molecule has 1 aromatic heterocycles. The predicted molar refractivity (Wildman–Crippen MR) is 88.6 cm³/mol. The van der Waals surface area contributed by atoms with Gasteiger partial charge in [0.1, 0.15) is 5.60 Å². The van der Waals surface area contributed by atoms with Gasteiger partial charge >= 0.3 is 6.09 Å². The standard InChI is InChI=1S/C16H21BrN2O2/c1-16(2,3)21-15(20)19(4)8-7-11-10-18-14-9-12(17)5-6-13(11)14/h5-6,9-10,18H,7-8H2,1-4H3. The number of H-pyrrole nitrogens is 1. The van der Waals surface area contributed by atoms with E-state index >= 15 is 0 Å². The number of amides is 1. The summed E-state index contributed by atoms with van der Waals surface area (Å²) in [5.41, 5.74) is 1.84. The summed E-state index contributed by atoms with van der Waals surface area (Å²) in [7, 11) is 1.76. The molecule has 0 atom stereocenters. The molecule has 4 nitrogen and oxygen atoms in total. The molecule has 2 aromatic rings. The fourth-order valence-electron chi connectivity index (χ4n) is 2.08. The number of nitrogens with one attached hydrogen (secondary N) is 1. The van der Waals surface area contributed by atoms with Crippen molar-refractivity contribution in [3.05, 3.63) is 34.4 Å². The van der Waals surface area contributed by atoms with Gasteiger partial charge in [-0.15, -0.1) is 0 Å². The van der Waals surface area contributed by atoms with Crippen molar-refractivity contribution in [1.82, 2.24) is 9.88 Å². The fourth-order valence-corrected chi connectivity index (χ4v) is 2.45. The molecule has 0 unspecified atom stereocenters. The van der Waals surface area contributed by atoms with Crippen LogP contribution in [0.4, 0.5) is 4.79 Å². The molecular formula is C16H21BrN2O2. The van der Waals surface area contributed by atoms with Crippen molar-refractivity contribution < 1.29 is 9.53 Å². The van der Waals surface area contributed by atoms with Crippen molar-refractivity contribution in [2.75, 3.05) is 13.6 Å². The van der Waals surface area contributed by atoms with Gasteiger partial charge in [-0.2, -0.15) is 0 Å². The molecule has 2 rings (SSSR count). The zero-order valence-corrected chi connectivity index (χ0v) is 14.5. The van der Waals surface area contributed by atoms with Crippen LogP contribution < -0.4 is 0 Å². The van der Waals surface area contributed by atoms with Crippen LogP contribution in [-0.4, -0.2) is 35.2 Å². The zero-order valence-electron chi connectivity index (χ0n) is 12.9. The first kappa shape index (κ1) is 15.9.